The van der Waals surface area contributed by atoms with Gasteiger partial charge in [0.2, 0.25) is 0 Å². The van der Waals surface area contributed by atoms with Crippen LogP contribution in [0.15, 0.2) is 36.4 Å². The first kappa shape index (κ1) is 25.3. The third-order valence-corrected chi connectivity index (χ3v) is 12.4. The Kier molecular flexibility index (Phi) is 5.85. The summed E-state index contributed by atoms with van der Waals surface area (Å²) in [5.41, 5.74) is 1.55. The third-order valence-electron chi connectivity index (χ3n) is 7.94. The van der Waals surface area contributed by atoms with Gasteiger partial charge in [0.05, 0.1) is 12.2 Å². The average molecular weight is 511 g/mol. The molecule has 7 nitrogen and oxygen atoms in total. The number of aromatic hydroxyl groups is 1. The van der Waals surface area contributed by atoms with Gasteiger partial charge in [-0.3, -0.25) is 9.59 Å². The Bertz CT molecular complexity index is 1240. The van der Waals surface area contributed by atoms with Crippen LogP contribution in [0.2, 0.25) is 18.1 Å². The molecule has 2 saturated heterocycles. The maximum atomic E-state index is 13.3. The molecule has 36 heavy (non-hydrogen) atoms. The number of ketones is 2. The van der Waals surface area contributed by atoms with E-state index in [1.165, 1.54) is 6.07 Å². The fraction of sp³-hybridized carbons (Fsp3) is 0.500. The molecule has 192 valence electrons. The lowest BCUT2D eigenvalue weighted by molar-refractivity contribution is -0.190. The molecule has 4 atom stereocenters. The van der Waals surface area contributed by atoms with Crippen LogP contribution in [0.4, 0.5) is 0 Å². The zero-order chi connectivity index (χ0) is 26.2. The third kappa shape index (κ3) is 4.05. The highest BCUT2D eigenvalue weighted by Crippen LogP contribution is 2.47. The van der Waals surface area contributed by atoms with Gasteiger partial charge in [0.15, 0.2) is 25.7 Å². The van der Waals surface area contributed by atoms with Crippen molar-refractivity contribution in [3.8, 4) is 5.75 Å². The second-order valence-electron chi connectivity index (χ2n) is 11.9. The van der Waals surface area contributed by atoms with E-state index in [2.05, 4.69) is 33.9 Å². The van der Waals surface area contributed by atoms with Crippen molar-refractivity contribution in [3.63, 3.8) is 0 Å². The molecule has 5 rings (SSSR count). The van der Waals surface area contributed by atoms with Crippen LogP contribution in [0.25, 0.3) is 0 Å². The van der Waals surface area contributed by atoms with Gasteiger partial charge in [-0.25, -0.2) is 0 Å². The number of rotatable bonds is 4. The van der Waals surface area contributed by atoms with Crippen molar-refractivity contribution in [3.05, 3.63) is 64.2 Å². The Morgan fingerprint density at radius 1 is 0.972 bits per heavy atom. The smallest absolute Gasteiger partial charge is 0.198 e. The number of phenols is 1. The van der Waals surface area contributed by atoms with Crippen molar-refractivity contribution < 1.29 is 33.3 Å². The highest BCUT2D eigenvalue weighted by molar-refractivity contribution is 6.74. The van der Waals surface area contributed by atoms with E-state index in [9.17, 15) is 14.7 Å². The summed E-state index contributed by atoms with van der Waals surface area (Å²) in [6, 6.07) is 9.72. The van der Waals surface area contributed by atoms with Crippen LogP contribution in [0.3, 0.4) is 0 Å². The van der Waals surface area contributed by atoms with Crippen molar-refractivity contribution in [2.75, 3.05) is 6.61 Å². The molecule has 0 aromatic heterocycles. The normalized spacial score (nSPS) is 27.1. The molecule has 0 spiro atoms. The van der Waals surface area contributed by atoms with E-state index in [1.807, 2.05) is 19.9 Å². The van der Waals surface area contributed by atoms with Gasteiger partial charge in [-0.15, -0.1) is 0 Å². The Morgan fingerprint density at radius 2 is 1.67 bits per heavy atom. The van der Waals surface area contributed by atoms with Crippen molar-refractivity contribution >= 4 is 19.9 Å². The molecule has 0 unspecified atom stereocenters. The second kappa shape index (κ2) is 8.33. The molecule has 8 heteroatoms. The molecule has 2 fully saturated rings. The summed E-state index contributed by atoms with van der Waals surface area (Å²) in [6.45, 7) is 15.1. The molecule has 0 amide bonds. The van der Waals surface area contributed by atoms with E-state index in [4.69, 9.17) is 18.6 Å². The van der Waals surface area contributed by atoms with E-state index < -0.39 is 20.2 Å². The number of carbonyl (C=O) groups excluding carboxylic acids is 2. The molecule has 1 aliphatic carbocycles. The first-order valence-electron chi connectivity index (χ1n) is 12.4. The Morgan fingerprint density at radius 3 is 2.36 bits per heavy atom. The average Bonchev–Trinajstić information content (AvgIpc) is 3.27. The molecule has 2 heterocycles. The fourth-order valence-electron chi connectivity index (χ4n) is 4.96. The number of hydrogen-bond acceptors (Lipinski definition) is 7. The quantitative estimate of drug-likeness (QED) is 0.486. The monoisotopic (exact) mass is 510 g/mol. The number of ether oxygens (including phenoxy) is 3. The lowest BCUT2D eigenvalue weighted by Gasteiger charge is -2.37. The maximum absolute atomic E-state index is 13.3. The minimum Gasteiger partial charge on any atom is -0.507 e. The Hall–Kier alpha value is -2.36. The SMILES string of the molecule is CC1(C)O[C@@H]2[C@H](O1)[C@@H](CO[Si](C)(C)C(C)(C)C)O[C@@H]2c1ccc2c(c1)C(=O)c1c(O)cccc1C2=O. The highest BCUT2D eigenvalue weighted by atomic mass is 28.4. The van der Waals surface area contributed by atoms with E-state index in [1.54, 1.807) is 24.3 Å². The van der Waals surface area contributed by atoms with Crippen LogP contribution < -0.4 is 0 Å². The maximum Gasteiger partial charge on any atom is 0.198 e. The fourth-order valence-corrected chi connectivity index (χ4v) is 5.98. The number of hydrogen-bond donors (Lipinski definition) is 1. The largest absolute Gasteiger partial charge is 0.507 e. The predicted molar refractivity (Wildman–Crippen MR) is 136 cm³/mol. The summed E-state index contributed by atoms with van der Waals surface area (Å²) in [5, 5.41) is 10.4. The van der Waals surface area contributed by atoms with Gasteiger partial charge in [-0.2, -0.15) is 0 Å². The molecule has 3 aliphatic rings. The minimum absolute atomic E-state index is 0.0413. The van der Waals surface area contributed by atoms with Gasteiger partial charge in [0.25, 0.3) is 0 Å². The van der Waals surface area contributed by atoms with Gasteiger partial charge in [0.1, 0.15) is 30.2 Å². The molecular weight excluding hydrogens is 476 g/mol. The molecule has 2 aromatic carbocycles. The zero-order valence-electron chi connectivity index (χ0n) is 21.9. The highest BCUT2D eigenvalue weighted by Gasteiger charge is 2.56. The molecule has 0 saturated carbocycles. The summed E-state index contributed by atoms with van der Waals surface area (Å²) in [6.07, 6.45) is -1.55. The van der Waals surface area contributed by atoms with Crippen molar-refractivity contribution in [1.82, 2.24) is 0 Å². The molecule has 0 bridgehead atoms. The Balaban J connectivity index is 1.46. The van der Waals surface area contributed by atoms with Crippen molar-refractivity contribution in [2.45, 2.75) is 83.0 Å². The van der Waals surface area contributed by atoms with Crippen LogP contribution in [0.5, 0.6) is 5.75 Å². The summed E-state index contributed by atoms with van der Waals surface area (Å²) < 4.78 is 25.4. The molecule has 0 radical (unpaired) electrons. The van der Waals surface area contributed by atoms with Gasteiger partial charge in [-0.05, 0) is 55.7 Å². The van der Waals surface area contributed by atoms with E-state index in [-0.39, 0.29) is 57.4 Å². The van der Waals surface area contributed by atoms with Crippen LogP contribution in [-0.2, 0) is 18.6 Å². The summed E-state index contributed by atoms with van der Waals surface area (Å²) in [4.78, 5) is 26.4. The van der Waals surface area contributed by atoms with Crippen LogP contribution >= 0.6 is 0 Å². The van der Waals surface area contributed by atoms with Crippen LogP contribution in [0, 0.1) is 0 Å². The van der Waals surface area contributed by atoms with Crippen molar-refractivity contribution in [1.29, 1.82) is 0 Å². The second-order valence-corrected chi connectivity index (χ2v) is 16.7. The first-order valence-corrected chi connectivity index (χ1v) is 15.3. The lowest BCUT2D eigenvalue weighted by Crippen LogP contribution is -2.44. The number of fused-ring (bicyclic) bond motifs is 3. The van der Waals surface area contributed by atoms with Gasteiger partial charge < -0.3 is 23.7 Å². The summed E-state index contributed by atoms with van der Waals surface area (Å²) in [7, 11) is -2.01. The minimum atomic E-state index is -2.01. The van der Waals surface area contributed by atoms with Gasteiger partial charge in [0, 0.05) is 16.7 Å². The van der Waals surface area contributed by atoms with Gasteiger partial charge >= 0.3 is 0 Å². The van der Waals surface area contributed by atoms with Crippen molar-refractivity contribution in [2.24, 2.45) is 0 Å². The van der Waals surface area contributed by atoms with Crippen LogP contribution in [0.1, 0.15) is 78.1 Å². The number of benzene rings is 2. The zero-order valence-corrected chi connectivity index (χ0v) is 22.9. The van der Waals surface area contributed by atoms with E-state index >= 15 is 0 Å². The Labute approximate surface area is 212 Å². The standard InChI is InChI=1S/C28H34O7Si/c1-27(2,3)36(6,7)32-14-20-25-26(35-28(4,5)34-25)24(33-20)15-11-12-16-18(13-15)23(31)21-17(22(16)30)9-8-10-19(21)29/h8-13,20,24-26,29H,14H2,1-7H3/t20-,24-,25-,26+/m1/s1. The van der Waals surface area contributed by atoms with Gasteiger partial charge in [-0.1, -0.05) is 39.0 Å². The molecular formula is C28H34O7Si. The first-order chi connectivity index (χ1) is 16.7. The van der Waals surface area contributed by atoms with E-state index in [0.29, 0.717) is 12.2 Å². The van der Waals surface area contributed by atoms with E-state index in [0.717, 1.165) is 5.56 Å². The predicted octanol–water partition coefficient (Wildman–Crippen LogP) is 5.15. The molecule has 2 aliphatic heterocycles. The number of carbonyl (C=O) groups is 2. The summed E-state index contributed by atoms with van der Waals surface area (Å²) >= 11 is 0. The molecule has 1 N–H and O–H groups in total. The number of phenolic OH excluding ortho intramolecular Hbond substituents is 1. The van der Waals surface area contributed by atoms with Crippen LogP contribution in [-0.4, -0.2) is 55.7 Å². The topological polar surface area (TPSA) is 91.3 Å². The lowest BCUT2D eigenvalue weighted by atomic mass is 9.82. The summed E-state index contributed by atoms with van der Waals surface area (Å²) in [5.74, 6) is -1.64. The molecule has 2 aromatic rings.